The van der Waals surface area contributed by atoms with Crippen LogP contribution >= 0.6 is 11.6 Å². The molecule has 4 heteroatoms. The van der Waals surface area contributed by atoms with E-state index in [1.165, 1.54) is 0 Å². The van der Waals surface area contributed by atoms with Crippen molar-refractivity contribution in [3.05, 3.63) is 64.7 Å². The minimum absolute atomic E-state index is 0.196. The molecule has 19 heavy (non-hydrogen) atoms. The summed E-state index contributed by atoms with van der Waals surface area (Å²) in [6, 6.07) is 14.7. The fraction of sp³-hybridized carbons (Fsp3) is 0. The van der Waals surface area contributed by atoms with Gasteiger partial charge in [0, 0.05) is 10.6 Å². The van der Waals surface area contributed by atoms with Crippen LogP contribution in [0.2, 0.25) is 5.02 Å². The van der Waals surface area contributed by atoms with Gasteiger partial charge < -0.3 is 11.1 Å². The number of anilines is 1. The third-order valence-corrected chi connectivity index (χ3v) is 3.32. The van der Waals surface area contributed by atoms with Crippen molar-refractivity contribution in [2.75, 3.05) is 5.32 Å². The summed E-state index contributed by atoms with van der Waals surface area (Å²) in [6.07, 6.45) is 0. The molecule has 0 unspecified atom stereocenters. The SMILES string of the molecule is N/C(=C1/C(=O)Nc2cc(Cl)ccc21)c1ccccc1. The second-order valence-electron chi connectivity index (χ2n) is 4.30. The largest absolute Gasteiger partial charge is 0.398 e. The number of nitrogens with one attached hydrogen (secondary N) is 1. The molecule has 0 saturated carbocycles. The van der Waals surface area contributed by atoms with Crippen molar-refractivity contribution in [1.29, 1.82) is 0 Å². The van der Waals surface area contributed by atoms with Gasteiger partial charge >= 0.3 is 0 Å². The quantitative estimate of drug-likeness (QED) is 0.782. The first-order valence-corrected chi connectivity index (χ1v) is 6.21. The van der Waals surface area contributed by atoms with Crippen molar-refractivity contribution in [3.63, 3.8) is 0 Å². The maximum absolute atomic E-state index is 12.1. The Balaban J connectivity index is 2.19. The summed E-state index contributed by atoms with van der Waals surface area (Å²) in [7, 11) is 0. The fourth-order valence-corrected chi connectivity index (χ4v) is 2.35. The molecule has 0 spiro atoms. The molecule has 94 valence electrons. The average Bonchev–Trinajstić information content (AvgIpc) is 2.74. The lowest BCUT2D eigenvalue weighted by molar-refractivity contribution is -0.110. The molecule has 1 aliphatic rings. The van der Waals surface area contributed by atoms with Crippen LogP contribution in [0.25, 0.3) is 11.3 Å². The number of hydrogen-bond donors (Lipinski definition) is 2. The Morgan fingerprint density at radius 3 is 2.58 bits per heavy atom. The second kappa shape index (κ2) is 4.44. The highest BCUT2D eigenvalue weighted by Gasteiger charge is 2.27. The Bertz CT molecular complexity index is 693. The van der Waals surface area contributed by atoms with E-state index in [1.54, 1.807) is 18.2 Å². The van der Waals surface area contributed by atoms with Gasteiger partial charge in [0.25, 0.3) is 5.91 Å². The Morgan fingerprint density at radius 1 is 1.11 bits per heavy atom. The zero-order chi connectivity index (χ0) is 13.4. The molecule has 1 aliphatic heterocycles. The van der Waals surface area contributed by atoms with Gasteiger partial charge in [-0.05, 0) is 17.7 Å². The maximum atomic E-state index is 12.1. The molecule has 0 atom stereocenters. The summed E-state index contributed by atoms with van der Waals surface area (Å²) >= 11 is 5.92. The van der Waals surface area contributed by atoms with Crippen LogP contribution in [0.3, 0.4) is 0 Å². The summed E-state index contributed by atoms with van der Waals surface area (Å²) in [5, 5.41) is 3.36. The van der Waals surface area contributed by atoms with E-state index < -0.39 is 0 Å². The Morgan fingerprint density at radius 2 is 1.84 bits per heavy atom. The normalized spacial score (nSPS) is 15.9. The highest BCUT2D eigenvalue weighted by Crippen LogP contribution is 2.36. The van der Waals surface area contributed by atoms with Crippen LogP contribution in [0.15, 0.2) is 48.5 Å². The highest BCUT2D eigenvalue weighted by molar-refractivity contribution is 6.37. The molecule has 3 N–H and O–H groups in total. The van der Waals surface area contributed by atoms with Gasteiger partial charge in [0.1, 0.15) is 0 Å². The summed E-state index contributed by atoms with van der Waals surface area (Å²) in [5.74, 6) is -0.196. The number of carbonyl (C=O) groups excluding carboxylic acids is 1. The molecule has 0 aliphatic carbocycles. The molecule has 0 saturated heterocycles. The molecular formula is C15H11ClN2O. The molecule has 2 aromatic carbocycles. The van der Waals surface area contributed by atoms with Gasteiger partial charge in [-0.1, -0.05) is 48.0 Å². The standard InChI is InChI=1S/C15H11ClN2O/c16-10-6-7-11-12(8-10)18-15(19)13(11)14(17)9-4-2-1-3-5-9/h1-8H,17H2,(H,18,19)/b14-13+. The summed E-state index contributed by atoms with van der Waals surface area (Å²) in [6.45, 7) is 0. The lowest BCUT2D eigenvalue weighted by Gasteiger charge is -2.05. The molecule has 0 radical (unpaired) electrons. The predicted molar refractivity (Wildman–Crippen MR) is 77.5 cm³/mol. The van der Waals surface area contributed by atoms with Crippen molar-refractivity contribution in [1.82, 2.24) is 0 Å². The third-order valence-electron chi connectivity index (χ3n) is 3.08. The van der Waals surface area contributed by atoms with Crippen molar-refractivity contribution in [2.24, 2.45) is 5.73 Å². The lowest BCUT2D eigenvalue weighted by Crippen LogP contribution is -2.09. The van der Waals surface area contributed by atoms with Crippen LogP contribution in [0.5, 0.6) is 0 Å². The van der Waals surface area contributed by atoms with E-state index in [1.807, 2.05) is 30.3 Å². The van der Waals surface area contributed by atoms with Gasteiger partial charge in [0.2, 0.25) is 0 Å². The number of rotatable bonds is 1. The molecule has 0 bridgehead atoms. The Labute approximate surface area is 115 Å². The number of amides is 1. The van der Waals surface area contributed by atoms with Crippen LogP contribution in [-0.2, 0) is 4.79 Å². The van der Waals surface area contributed by atoms with Crippen LogP contribution in [-0.4, -0.2) is 5.91 Å². The third kappa shape index (κ3) is 1.98. The van der Waals surface area contributed by atoms with E-state index >= 15 is 0 Å². The zero-order valence-electron chi connectivity index (χ0n) is 9.98. The van der Waals surface area contributed by atoms with Gasteiger partial charge in [0.05, 0.1) is 17.0 Å². The fourth-order valence-electron chi connectivity index (χ4n) is 2.17. The van der Waals surface area contributed by atoms with E-state index in [-0.39, 0.29) is 5.91 Å². The van der Waals surface area contributed by atoms with Gasteiger partial charge in [-0.3, -0.25) is 4.79 Å². The first-order valence-electron chi connectivity index (χ1n) is 5.83. The lowest BCUT2D eigenvalue weighted by atomic mass is 10.0. The molecule has 3 rings (SSSR count). The number of carbonyl (C=O) groups is 1. The van der Waals surface area contributed by atoms with E-state index in [9.17, 15) is 4.79 Å². The smallest absolute Gasteiger partial charge is 0.258 e. The minimum atomic E-state index is -0.196. The first-order chi connectivity index (χ1) is 9.16. The number of benzene rings is 2. The van der Waals surface area contributed by atoms with Crippen LogP contribution in [0.4, 0.5) is 5.69 Å². The van der Waals surface area contributed by atoms with Crippen LogP contribution in [0, 0.1) is 0 Å². The maximum Gasteiger partial charge on any atom is 0.258 e. The summed E-state index contributed by atoms with van der Waals surface area (Å²) in [4.78, 5) is 12.1. The molecule has 1 amide bonds. The van der Waals surface area contributed by atoms with Crippen LogP contribution < -0.4 is 11.1 Å². The number of halogens is 1. The number of fused-ring (bicyclic) bond motifs is 1. The predicted octanol–water partition coefficient (Wildman–Crippen LogP) is 3.12. The average molecular weight is 271 g/mol. The molecule has 1 heterocycles. The monoisotopic (exact) mass is 270 g/mol. The van der Waals surface area contributed by atoms with Gasteiger partial charge in [0.15, 0.2) is 0 Å². The van der Waals surface area contributed by atoms with Crippen molar-refractivity contribution >= 4 is 34.5 Å². The molecule has 0 aromatic heterocycles. The molecular weight excluding hydrogens is 260 g/mol. The zero-order valence-corrected chi connectivity index (χ0v) is 10.7. The van der Waals surface area contributed by atoms with E-state index in [0.717, 1.165) is 11.1 Å². The minimum Gasteiger partial charge on any atom is -0.398 e. The van der Waals surface area contributed by atoms with Gasteiger partial charge in [-0.25, -0.2) is 0 Å². The molecule has 3 nitrogen and oxygen atoms in total. The van der Waals surface area contributed by atoms with E-state index in [4.69, 9.17) is 17.3 Å². The Kier molecular flexibility index (Phi) is 2.76. The summed E-state index contributed by atoms with van der Waals surface area (Å²) in [5.41, 5.74) is 9.42. The number of hydrogen-bond acceptors (Lipinski definition) is 2. The summed E-state index contributed by atoms with van der Waals surface area (Å²) < 4.78 is 0. The molecule has 2 aromatic rings. The van der Waals surface area contributed by atoms with Crippen molar-refractivity contribution < 1.29 is 4.79 Å². The topological polar surface area (TPSA) is 55.1 Å². The van der Waals surface area contributed by atoms with Gasteiger partial charge in [-0.15, -0.1) is 0 Å². The number of nitrogens with two attached hydrogens (primary N) is 1. The van der Waals surface area contributed by atoms with E-state index in [0.29, 0.717) is 22.0 Å². The second-order valence-corrected chi connectivity index (χ2v) is 4.74. The van der Waals surface area contributed by atoms with Crippen molar-refractivity contribution in [3.8, 4) is 0 Å². The Hall–Kier alpha value is -2.26. The van der Waals surface area contributed by atoms with Crippen LogP contribution in [0.1, 0.15) is 11.1 Å². The van der Waals surface area contributed by atoms with Gasteiger partial charge in [-0.2, -0.15) is 0 Å². The molecule has 0 fully saturated rings. The highest BCUT2D eigenvalue weighted by atomic mass is 35.5. The first kappa shape index (κ1) is 11.8. The van der Waals surface area contributed by atoms with Crippen molar-refractivity contribution in [2.45, 2.75) is 0 Å². The van der Waals surface area contributed by atoms with E-state index in [2.05, 4.69) is 5.32 Å².